The highest BCUT2D eigenvalue weighted by Gasteiger charge is 2.27. The van der Waals surface area contributed by atoms with E-state index in [2.05, 4.69) is 23.5 Å². The number of sulfonamides is 1. The van der Waals surface area contributed by atoms with Crippen molar-refractivity contribution in [2.24, 2.45) is 0 Å². The normalized spacial score (nSPS) is 21.6. The number of para-hydroxylation sites is 1. The number of hydrogen-bond donors (Lipinski definition) is 2. The lowest BCUT2D eigenvalue weighted by Gasteiger charge is -2.40. The molecule has 0 bridgehead atoms. The highest BCUT2D eigenvalue weighted by molar-refractivity contribution is 7.89. The number of piperidine rings is 1. The molecule has 0 aromatic heterocycles. The van der Waals surface area contributed by atoms with Crippen molar-refractivity contribution >= 4 is 10.0 Å². The molecule has 0 radical (unpaired) electrons. The molecule has 29 heavy (non-hydrogen) atoms. The molecule has 1 fully saturated rings. The molecular weight excluding hydrogens is 388 g/mol. The van der Waals surface area contributed by atoms with Gasteiger partial charge in [-0.05, 0) is 63.1 Å². The Morgan fingerprint density at radius 1 is 1.03 bits per heavy atom. The molecule has 1 heterocycles. The maximum absolute atomic E-state index is 12.6. The van der Waals surface area contributed by atoms with Gasteiger partial charge in [-0.25, -0.2) is 13.1 Å². The smallest absolute Gasteiger partial charge is 0.240 e. The van der Waals surface area contributed by atoms with Crippen LogP contribution < -0.4 is 9.46 Å². The fourth-order valence-corrected chi connectivity index (χ4v) is 4.82. The van der Waals surface area contributed by atoms with E-state index in [1.165, 1.54) is 18.6 Å². The van der Waals surface area contributed by atoms with Crippen LogP contribution in [0.5, 0.6) is 11.5 Å². The number of ether oxygens (including phenoxy) is 1. The SMILES string of the molecule is C[C@@H]1CCC[C@H](C)N1CC(O)CNS(=O)(=O)c1ccc(Oc2ccccc2)cc1. The number of nitrogens with zero attached hydrogens (tertiary/aromatic N) is 1. The van der Waals surface area contributed by atoms with Gasteiger partial charge in [0.1, 0.15) is 11.5 Å². The van der Waals surface area contributed by atoms with Gasteiger partial charge in [0.15, 0.2) is 0 Å². The Hall–Kier alpha value is -1.93. The zero-order chi connectivity index (χ0) is 20.9. The van der Waals surface area contributed by atoms with E-state index in [-0.39, 0.29) is 11.4 Å². The van der Waals surface area contributed by atoms with E-state index in [0.29, 0.717) is 30.1 Å². The third-order valence-electron chi connectivity index (χ3n) is 5.42. The van der Waals surface area contributed by atoms with Crippen LogP contribution in [0.25, 0.3) is 0 Å². The van der Waals surface area contributed by atoms with Crippen LogP contribution in [0.1, 0.15) is 33.1 Å². The third kappa shape index (κ3) is 6.02. The molecule has 7 heteroatoms. The molecule has 2 aromatic carbocycles. The van der Waals surface area contributed by atoms with Gasteiger partial charge in [-0.15, -0.1) is 0 Å². The van der Waals surface area contributed by atoms with E-state index < -0.39 is 16.1 Å². The van der Waals surface area contributed by atoms with E-state index in [9.17, 15) is 13.5 Å². The number of benzene rings is 2. The Balaban J connectivity index is 1.55. The highest BCUT2D eigenvalue weighted by atomic mass is 32.2. The molecule has 0 amide bonds. The summed E-state index contributed by atoms with van der Waals surface area (Å²) in [5.41, 5.74) is 0. The maximum Gasteiger partial charge on any atom is 0.240 e. The van der Waals surface area contributed by atoms with Gasteiger partial charge in [0, 0.05) is 25.2 Å². The minimum atomic E-state index is -3.70. The summed E-state index contributed by atoms with van der Waals surface area (Å²) in [4.78, 5) is 2.41. The van der Waals surface area contributed by atoms with Crippen LogP contribution in [-0.2, 0) is 10.0 Å². The van der Waals surface area contributed by atoms with Gasteiger partial charge < -0.3 is 9.84 Å². The molecule has 3 rings (SSSR count). The summed E-state index contributed by atoms with van der Waals surface area (Å²) >= 11 is 0. The number of β-amino-alcohol motifs (C(OH)–C–C–N with tert-alkyl or cyclic N) is 1. The van der Waals surface area contributed by atoms with E-state index in [4.69, 9.17) is 4.74 Å². The van der Waals surface area contributed by atoms with Crippen LogP contribution in [0.4, 0.5) is 0 Å². The molecule has 1 saturated heterocycles. The Bertz CT molecular complexity index is 861. The van der Waals surface area contributed by atoms with Crippen LogP contribution in [0.2, 0.25) is 0 Å². The van der Waals surface area contributed by atoms with E-state index in [1.54, 1.807) is 12.1 Å². The van der Waals surface area contributed by atoms with Crippen LogP contribution in [0.3, 0.4) is 0 Å². The second-order valence-corrected chi connectivity index (χ2v) is 9.48. The van der Waals surface area contributed by atoms with Gasteiger partial charge in [-0.3, -0.25) is 4.90 Å². The lowest BCUT2D eigenvalue weighted by atomic mass is 9.97. The van der Waals surface area contributed by atoms with Gasteiger partial charge in [0.05, 0.1) is 11.0 Å². The molecule has 2 aromatic rings. The van der Waals surface area contributed by atoms with Gasteiger partial charge >= 0.3 is 0 Å². The molecule has 2 N–H and O–H groups in total. The van der Waals surface area contributed by atoms with E-state index in [0.717, 1.165) is 12.8 Å². The first kappa shape index (κ1) is 21.8. The molecule has 0 saturated carbocycles. The van der Waals surface area contributed by atoms with E-state index in [1.807, 2.05) is 30.3 Å². The zero-order valence-electron chi connectivity index (χ0n) is 17.0. The van der Waals surface area contributed by atoms with Crippen molar-refractivity contribution in [2.45, 2.75) is 56.2 Å². The molecular formula is C22H30N2O4S. The van der Waals surface area contributed by atoms with Crippen molar-refractivity contribution in [3.8, 4) is 11.5 Å². The summed E-state index contributed by atoms with van der Waals surface area (Å²) in [6.45, 7) is 4.77. The quantitative estimate of drug-likeness (QED) is 0.687. The minimum Gasteiger partial charge on any atom is -0.457 e. The topological polar surface area (TPSA) is 78.9 Å². The Kier molecular flexibility index (Phi) is 7.29. The van der Waals surface area contributed by atoms with Gasteiger partial charge in [0.2, 0.25) is 10.0 Å². The summed E-state index contributed by atoms with van der Waals surface area (Å²) in [6, 6.07) is 16.4. The van der Waals surface area contributed by atoms with Crippen LogP contribution in [0, 0.1) is 0 Å². The van der Waals surface area contributed by atoms with Gasteiger partial charge in [-0.1, -0.05) is 24.6 Å². The summed E-state index contributed by atoms with van der Waals surface area (Å²) in [5, 5.41) is 10.4. The molecule has 1 aliphatic rings. The van der Waals surface area contributed by atoms with Crippen LogP contribution in [-0.4, -0.2) is 49.7 Å². The Labute approximate surface area is 173 Å². The molecule has 0 aliphatic carbocycles. The third-order valence-corrected chi connectivity index (χ3v) is 6.86. The first-order chi connectivity index (χ1) is 13.8. The molecule has 1 unspecified atom stereocenters. The van der Waals surface area contributed by atoms with E-state index >= 15 is 0 Å². The van der Waals surface area contributed by atoms with Crippen molar-refractivity contribution in [3.63, 3.8) is 0 Å². The summed E-state index contributed by atoms with van der Waals surface area (Å²) in [5.74, 6) is 1.24. The fraction of sp³-hybridized carbons (Fsp3) is 0.455. The van der Waals surface area contributed by atoms with Crippen molar-refractivity contribution < 1.29 is 18.3 Å². The number of aliphatic hydroxyl groups is 1. The van der Waals surface area contributed by atoms with Crippen LogP contribution in [0.15, 0.2) is 59.5 Å². The fourth-order valence-electron chi connectivity index (χ4n) is 3.74. The molecule has 158 valence electrons. The summed E-state index contributed by atoms with van der Waals surface area (Å²) in [6.07, 6.45) is 2.67. The number of rotatable bonds is 8. The zero-order valence-corrected chi connectivity index (χ0v) is 17.8. The van der Waals surface area contributed by atoms with Crippen molar-refractivity contribution in [1.82, 2.24) is 9.62 Å². The highest BCUT2D eigenvalue weighted by Crippen LogP contribution is 2.23. The number of hydrogen-bond acceptors (Lipinski definition) is 5. The first-order valence-electron chi connectivity index (χ1n) is 10.1. The Morgan fingerprint density at radius 3 is 2.24 bits per heavy atom. The second kappa shape index (κ2) is 9.71. The summed E-state index contributed by atoms with van der Waals surface area (Å²) < 4.78 is 33.3. The average Bonchev–Trinajstić information content (AvgIpc) is 2.71. The second-order valence-electron chi connectivity index (χ2n) is 7.72. The minimum absolute atomic E-state index is 0.0134. The Morgan fingerprint density at radius 2 is 1.62 bits per heavy atom. The molecule has 6 nitrogen and oxygen atoms in total. The lowest BCUT2D eigenvalue weighted by Crippen LogP contribution is -2.49. The van der Waals surface area contributed by atoms with Crippen molar-refractivity contribution in [3.05, 3.63) is 54.6 Å². The molecule has 1 aliphatic heterocycles. The van der Waals surface area contributed by atoms with Crippen molar-refractivity contribution in [2.75, 3.05) is 13.1 Å². The molecule has 0 spiro atoms. The number of likely N-dealkylation sites (tertiary alicyclic amines) is 1. The standard InChI is InChI=1S/C22H30N2O4S/c1-17-7-6-8-18(2)24(17)16-19(25)15-23-29(26,27)22-13-11-21(12-14-22)28-20-9-4-3-5-10-20/h3-5,9-14,17-19,23,25H,6-8,15-16H2,1-2H3/t17-,18+,19?. The predicted octanol–water partition coefficient (Wildman–Crippen LogP) is 3.38. The largest absolute Gasteiger partial charge is 0.457 e. The van der Waals surface area contributed by atoms with Gasteiger partial charge in [0.25, 0.3) is 0 Å². The monoisotopic (exact) mass is 418 g/mol. The average molecular weight is 419 g/mol. The van der Waals surface area contributed by atoms with Crippen molar-refractivity contribution in [1.29, 1.82) is 0 Å². The lowest BCUT2D eigenvalue weighted by molar-refractivity contribution is 0.0438. The van der Waals surface area contributed by atoms with Crippen LogP contribution >= 0.6 is 0 Å². The maximum atomic E-state index is 12.6. The first-order valence-corrected chi connectivity index (χ1v) is 11.6. The van der Waals surface area contributed by atoms with Gasteiger partial charge in [-0.2, -0.15) is 0 Å². The number of aliphatic hydroxyl groups excluding tert-OH is 1. The number of nitrogens with one attached hydrogen (secondary N) is 1. The molecule has 3 atom stereocenters. The predicted molar refractivity (Wildman–Crippen MR) is 114 cm³/mol. The summed E-state index contributed by atoms with van der Waals surface area (Å²) in [7, 11) is -3.70.